The summed E-state index contributed by atoms with van der Waals surface area (Å²) in [5.41, 5.74) is 0.603. The number of ether oxygens (including phenoxy) is 1. The number of nitrogens with zero attached hydrogens (tertiary/aromatic N) is 2. The molecule has 0 saturated carbocycles. The van der Waals surface area contributed by atoms with E-state index in [1.807, 2.05) is 0 Å². The quantitative estimate of drug-likeness (QED) is 0.329. The summed E-state index contributed by atoms with van der Waals surface area (Å²) in [7, 11) is -7.89. The van der Waals surface area contributed by atoms with Gasteiger partial charge in [-0.2, -0.15) is 0 Å². The van der Waals surface area contributed by atoms with E-state index in [-0.39, 0.29) is 27.2 Å². The Kier molecular flexibility index (Phi) is 7.01. The molecule has 14 heteroatoms. The van der Waals surface area contributed by atoms with Gasteiger partial charge in [-0.05, 0) is 60.7 Å². The molecule has 2 heterocycles. The maximum absolute atomic E-state index is 13.5. The van der Waals surface area contributed by atoms with Crippen molar-refractivity contribution in [2.45, 2.75) is 15.9 Å². The third-order valence-electron chi connectivity index (χ3n) is 5.52. The van der Waals surface area contributed by atoms with Crippen LogP contribution in [0.4, 0.5) is 16.5 Å². The summed E-state index contributed by atoms with van der Waals surface area (Å²) in [6, 6.07) is 17.8. The molecule has 38 heavy (non-hydrogen) atoms. The second-order valence-electron chi connectivity index (χ2n) is 8.02. The fraction of sp³-hybridized carbons (Fsp3) is 0.0833. The Labute approximate surface area is 228 Å². The number of sulfonamides is 2. The van der Waals surface area contributed by atoms with Gasteiger partial charge in [-0.1, -0.05) is 23.7 Å². The fourth-order valence-electron chi connectivity index (χ4n) is 3.69. The van der Waals surface area contributed by atoms with Gasteiger partial charge in [0.1, 0.15) is 5.75 Å². The minimum Gasteiger partial charge on any atom is -0.476 e. The molecule has 10 nitrogen and oxygen atoms in total. The average Bonchev–Trinajstić information content (AvgIpc) is 3.41. The molecule has 0 spiro atoms. The van der Waals surface area contributed by atoms with Gasteiger partial charge < -0.3 is 10.1 Å². The molecule has 1 aliphatic heterocycles. The van der Waals surface area contributed by atoms with Crippen LogP contribution in [0, 0.1) is 0 Å². The number of benzene rings is 3. The zero-order valence-electron chi connectivity index (χ0n) is 19.3. The maximum atomic E-state index is 13.5. The van der Waals surface area contributed by atoms with E-state index in [0.717, 1.165) is 15.6 Å². The molecule has 1 aliphatic rings. The lowest BCUT2D eigenvalue weighted by molar-refractivity contribution is -0.122. The van der Waals surface area contributed by atoms with Crippen molar-refractivity contribution >= 4 is 65.4 Å². The van der Waals surface area contributed by atoms with E-state index in [9.17, 15) is 21.6 Å². The summed E-state index contributed by atoms with van der Waals surface area (Å²) in [6.45, 7) is -0.280. The van der Waals surface area contributed by atoms with Gasteiger partial charge in [0.25, 0.3) is 26.0 Å². The number of carbonyl (C=O) groups excluding carboxylic acids is 1. The molecule has 0 unspecified atom stereocenters. The van der Waals surface area contributed by atoms with Crippen LogP contribution in [0.25, 0.3) is 0 Å². The van der Waals surface area contributed by atoms with E-state index < -0.39 is 32.1 Å². The number of carbonyl (C=O) groups is 1. The highest BCUT2D eigenvalue weighted by Gasteiger charge is 2.37. The topological polar surface area (TPSA) is 135 Å². The predicted octanol–water partition coefficient (Wildman–Crippen LogP) is 4.19. The summed E-state index contributed by atoms with van der Waals surface area (Å²) < 4.78 is 61.3. The third-order valence-corrected chi connectivity index (χ3v) is 9.73. The van der Waals surface area contributed by atoms with Crippen molar-refractivity contribution in [2.75, 3.05) is 20.9 Å². The Morgan fingerprint density at radius 1 is 0.974 bits per heavy atom. The number of aromatic nitrogens is 1. The highest BCUT2D eigenvalue weighted by Crippen LogP contribution is 2.37. The lowest BCUT2D eigenvalue weighted by Gasteiger charge is -2.34. The van der Waals surface area contributed by atoms with E-state index in [1.54, 1.807) is 29.6 Å². The van der Waals surface area contributed by atoms with Crippen molar-refractivity contribution in [3.05, 3.63) is 89.4 Å². The van der Waals surface area contributed by atoms with Crippen LogP contribution in [0.3, 0.4) is 0 Å². The van der Waals surface area contributed by atoms with Gasteiger partial charge in [0.05, 0.1) is 22.0 Å². The van der Waals surface area contributed by atoms with Crippen molar-refractivity contribution in [1.82, 2.24) is 4.98 Å². The number of rotatable bonds is 7. The van der Waals surface area contributed by atoms with Gasteiger partial charge in [0.15, 0.2) is 11.2 Å². The van der Waals surface area contributed by atoms with Gasteiger partial charge in [-0.15, -0.1) is 11.3 Å². The molecule has 3 aromatic carbocycles. The number of hydrogen-bond donors (Lipinski definition) is 2. The number of amides is 1. The van der Waals surface area contributed by atoms with E-state index in [0.29, 0.717) is 16.4 Å². The highest BCUT2D eigenvalue weighted by molar-refractivity contribution is 7.93. The number of thiazole rings is 1. The number of anilines is 3. The molecule has 0 fully saturated rings. The minimum atomic E-state index is -4.04. The van der Waals surface area contributed by atoms with E-state index >= 15 is 0 Å². The molecule has 0 bridgehead atoms. The van der Waals surface area contributed by atoms with Gasteiger partial charge in [-0.3, -0.25) is 13.8 Å². The van der Waals surface area contributed by atoms with Gasteiger partial charge in [-0.25, -0.2) is 21.8 Å². The molecule has 4 aromatic rings. The Bertz CT molecular complexity index is 1680. The Balaban J connectivity index is 1.35. The summed E-state index contributed by atoms with van der Waals surface area (Å²) in [5, 5.41) is 4.92. The van der Waals surface area contributed by atoms with Crippen molar-refractivity contribution in [1.29, 1.82) is 0 Å². The lowest BCUT2D eigenvalue weighted by atomic mass is 10.2. The van der Waals surface area contributed by atoms with E-state index in [2.05, 4.69) is 15.0 Å². The molecule has 2 N–H and O–H groups in total. The molecular formula is C24H19ClN4O6S3. The maximum Gasteiger partial charge on any atom is 0.267 e. The van der Waals surface area contributed by atoms with Crippen LogP contribution in [0.2, 0.25) is 5.02 Å². The van der Waals surface area contributed by atoms with Crippen molar-refractivity contribution < 1.29 is 26.4 Å². The Hall–Kier alpha value is -3.65. The summed E-state index contributed by atoms with van der Waals surface area (Å²) >= 11 is 7.06. The predicted molar refractivity (Wildman–Crippen MR) is 145 cm³/mol. The zero-order valence-corrected chi connectivity index (χ0v) is 22.5. The first-order valence-corrected chi connectivity index (χ1v) is 15.2. The third kappa shape index (κ3) is 5.31. The zero-order chi connectivity index (χ0) is 26.9. The van der Waals surface area contributed by atoms with Crippen LogP contribution in [-0.4, -0.2) is 40.4 Å². The molecule has 0 saturated heterocycles. The second kappa shape index (κ2) is 10.3. The van der Waals surface area contributed by atoms with Crippen LogP contribution in [0.5, 0.6) is 5.75 Å². The van der Waals surface area contributed by atoms with Gasteiger partial charge in [0, 0.05) is 22.3 Å². The Morgan fingerprint density at radius 3 is 2.34 bits per heavy atom. The molecule has 1 aromatic heterocycles. The summed E-state index contributed by atoms with van der Waals surface area (Å²) in [6.07, 6.45) is 0.302. The largest absolute Gasteiger partial charge is 0.476 e. The van der Waals surface area contributed by atoms with E-state index in [4.69, 9.17) is 16.3 Å². The van der Waals surface area contributed by atoms with Crippen LogP contribution < -0.4 is 19.1 Å². The second-order valence-corrected chi connectivity index (χ2v) is 12.9. The normalized spacial score (nSPS) is 15.3. The van der Waals surface area contributed by atoms with Crippen molar-refractivity contribution in [3.63, 3.8) is 0 Å². The monoisotopic (exact) mass is 590 g/mol. The standard InChI is InChI=1S/C24H19ClN4O6S3/c25-16-5-9-19(10-6-16)38(33,34)29-15-22(35-21-4-2-1-3-20(21)29)23(30)27-17-7-11-18(12-8-17)37(31,32)28-24-26-13-14-36-24/h1-14,22H,15H2,(H,26,28)(H,27,30)/t22-/m1/s1. The number of halogens is 1. The van der Waals surface area contributed by atoms with Crippen LogP contribution in [-0.2, 0) is 24.8 Å². The number of para-hydroxylation sites is 2. The lowest BCUT2D eigenvalue weighted by Crippen LogP contribution is -2.48. The van der Waals surface area contributed by atoms with Crippen LogP contribution in [0.1, 0.15) is 0 Å². The molecule has 5 rings (SSSR count). The van der Waals surface area contributed by atoms with Crippen LogP contribution in [0.15, 0.2) is 94.2 Å². The van der Waals surface area contributed by atoms with Crippen molar-refractivity contribution in [2.24, 2.45) is 0 Å². The summed E-state index contributed by atoms with van der Waals surface area (Å²) in [4.78, 5) is 17.0. The Morgan fingerprint density at radius 2 is 1.66 bits per heavy atom. The highest BCUT2D eigenvalue weighted by atomic mass is 35.5. The molecular weight excluding hydrogens is 572 g/mol. The first-order valence-electron chi connectivity index (χ1n) is 11.0. The number of fused-ring (bicyclic) bond motifs is 1. The fourth-order valence-corrected chi connectivity index (χ4v) is 7.08. The first-order chi connectivity index (χ1) is 18.1. The smallest absolute Gasteiger partial charge is 0.267 e. The molecule has 1 amide bonds. The SMILES string of the molecule is O=C(Nc1ccc(S(=O)(=O)Nc2nccs2)cc1)[C@H]1CN(S(=O)(=O)c2ccc(Cl)cc2)c2ccccc2O1. The van der Waals surface area contributed by atoms with E-state index in [1.165, 1.54) is 54.7 Å². The molecule has 196 valence electrons. The first kappa shape index (κ1) is 26.0. The van der Waals surface area contributed by atoms with Crippen LogP contribution >= 0.6 is 22.9 Å². The average molecular weight is 591 g/mol. The summed E-state index contributed by atoms with van der Waals surface area (Å²) in [5.74, 6) is -0.376. The van der Waals surface area contributed by atoms with Gasteiger partial charge in [0.2, 0.25) is 0 Å². The number of nitrogens with one attached hydrogen (secondary N) is 2. The molecule has 0 aliphatic carbocycles. The van der Waals surface area contributed by atoms with Crippen molar-refractivity contribution in [3.8, 4) is 5.75 Å². The molecule has 1 atom stereocenters. The minimum absolute atomic E-state index is 0.0147. The number of hydrogen-bond acceptors (Lipinski definition) is 8. The van der Waals surface area contributed by atoms with Gasteiger partial charge >= 0.3 is 0 Å². The molecule has 0 radical (unpaired) electrons.